The fourth-order valence-corrected chi connectivity index (χ4v) is 6.40. The first-order chi connectivity index (χ1) is 23.7. The van der Waals surface area contributed by atoms with Gasteiger partial charge in [0.1, 0.15) is 23.4 Å². The average molecular weight is 674 g/mol. The summed E-state index contributed by atoms with van der Waals surface area (Å²) in [6, 6.07) is 39.8. The minimum Gasteiger partial charge on any atom is -0.508 e. The Morgan fingerprint density at radius 2 is 1.10 bits per heavy atom. The molecule has 0 aliphatic carbocycles. The molecule has 0 saturated carbocycles. The Morgan fingerprint density at radius 3 is 1.53 bits per heavy atom. The van der Waals surface area contributed by atoms with Gasteiger partial charge in [-0.25, -0.2) is 4.79 Å². The van der Waals surface area contributed by atoms with Crippen LogP contribution in [0.25, 0.3) is 0 Å². The number of nitrogens with zero attached hydrogens (tertiary/aromatic N) is 1. The van der Waals surface area contributed by atoms with Gasteiger partial charge in [-0.1, -0.05) is 133 Å². The Morgan fingerprint density at radius 1 is 0.673 bits per heavy atom. The summed E-state index contributed by atoms with van der Waals surface area (Å²) < 4.78 is 0. The number of aromatic hydroxyl groups is 1. The van der Waals surface area contributed by atoms with Gasteiger partial charge in [-0.15, -0.1) is 0 Å². The van der Waals surface area contributed by atoms with Crippen LogP contribution >= 0.6 is 12.6 Å². The number of phenols is 1. The maximum Gasteiger partial charge on any atom is 0.326 e. The van der Waals surface area contributed by atoms with Crippen molar-refractivity contribution in [2.24, 2.45) is 5.73 Å². The molecule has 8 nitrogen and oxygen atoms in total. The molecule has 49 heavy (non-hydrogen) atoms. The predicted molar refractivity (Wildman–Crippen MR) is 193 cm³/mol. The highest BCUT2D eigenvalue weighted by Gasteiger charge is 2.51. The molecule has 0 saturated heterocycles. The van der Waals surface area contributed by atoms with Crippen LogP contribution in [0.15, 0.2) is 146 Å². The lowest BCUT2D eigenvalue weighted by Gasteiger charge is -2.49. The number of carboxylic acids is 1. The molecular weight excluding hydrogens is 635 g/mol. The fourth-order valence-electron chi connectivity index (χ4n) is 6.23. The van der Waals surface area contributed by atoms with Crippen molar-refractivity contribution in [3.05, 3.63) is 173 Å². The molecule has 5 aromatic rings. The highest BCUT2D eigenvalue weighted by molar-refractivity contribution is 7.80. The minimum atomic E-state index is -1.48. The smallest absolute Gasteiger partial charge is 0.326 e. The van der Waals surface area contributed by atoms with E-state index in [2.05, 4.69) is 17.9 Å². The first-order valence-corrected chi connectivity index (χ1v) is 16.6. The third-order valence-corrected chi connectivity index (χ3v) is 8.96. The quantitative estimate of drug-likeness (QED) is 0.0814. The molecule has 0 radical (unpaired) electrons. The normalized spacial score (nSPS) is 13.1. The first-order valence-electron chi connectivity index (χ1n) is 16.0. The van der Waals surface area contributed by atoms with Gasteiger partial charge >= 0.3 is 5.97 Å². The first kappa shape index (κ1) is 34.9. The van der Waals surface area contributed by atoms with Gasteiger partial charge in [0, 0.05) is 18.6 Å². The summed E-state index contributed by atoms with van der Waals surface area (Å²) in [5.41, 5.74) is 7.91. The lowest BCUT2D eigenvalue weighted by atomic mass is 9.74. The summed E-state index contributed by atoms with van der Waals surface area (Å²) in [5.74, 6) is -2.38. The van der Waals surface area contributed by atoms with E-state index in [0.29, 0.717) is 27.8 Å². The number of hydrogen-bond donors (Lipinski definition) is 5. The second kappa shape index (κ2) is 16.1. The lowest BCUT2D eigenvalue weighted by Crippen LogP contribution is -2.64. The number of nitrogens with one attached hydrogen (secondary N) is 1. The molecule has 3 atom stereocenters. The largest absolute Gasteiger partial charge is 0.508 e. The summed E-state index contributed by atoms with van der Waals surface area (Å²) in [6.07, 6.45) is -0.0288. The third kappa shape index (κ3) is 7.85. The van der Waals surface area contributed by atoms with E-state index in [-0.39, 0.29) is 24.3 Å². The number of aliphatic carboxylic acids is 1. The molecule has 0 aromatic heterocycles. The van der Waals surface area contributed by atoms with Crippen LogP contribution in [-0.2, 0) is 32.8 Å². The molecule has 5 N–H and O–H groups in total. The summed E-state index contributed by atoms with van der Waals surface area (Å²) in [7, 11) is 0. The van der Waals surface area contributed by atoms with E-state index in [9.17, 15) is 19.8 Å². The summed E-state index contributed by atoms with van der Waals surface area (Å²) in [4.78, 5) is 44.1. The Hall–Kier alpha value is -5.38. The van der Waals surface area contributed by atoms with Crippen LogP contribution in [0.4, 0.5) is 0 Å². The standard InChI is InChI=1S/C40H39N3O5S/c41-34(27-49)37(45)42-35(25-29-21-23-33(44)24-22-29)38(46)43(36(39(47)48)26-28-13-5-1-6-14-28)40(30-15-7-2-8-16-30,31-17-9-3-10-18-31)32-19-11-4-12-20-32/h1-24,34-36,44,49H,25-27,41H2,(H,42,45)(H,47,48)/t34?,35?,36-/m0/s1. The minimum absolute atomic E-state index is 0.00717. The Labute approximate surface area is 291 Å². The van der Waals surface area contributed by atoms with Crippen LogP contribution < -0.4 is 11.1 Å². The van der Waals surface area contributed by atoms with E-state index in [1.807, 2.05) is 121 Å². The van der Waals surface area contributed by atoms with Crippen molar-refractivity contribution in [1.29, 1.82) is 0 Å². The van der Waals surface area contributed by atoms with Crippen molar-refractivity contribution in [2.45, 2.75) is 36.5 Å². The van der Waals surface area contributed by atoms with Gasteiger partial charge in [-0.05, 0) is 39.9 Å². The van der Waals surface area contributed by atoms with E-state index >= 15 is 4.79 Å². The number of amides is 2. The molecule has 2 amide bonds. The molecule has 5 rings (SSSR count). The fraction of sp³-hybridized carbons (Fsp3) is 0.175. The molecule has 0 spiro atoms. The third-order valence-electron chi connectivity index (χ3n) is 8.57. The van der Waals surface area contributed by atoms with Crippen molar-refractivity contribution < 1.29 is 24.6 Å². The number of benzene rings is 5. The molecule has 0 bridgehead atoms. The van der Waals surface area contributed by atoms with Crippen molar-refractivity contribution in [3.63, 3.8) is 0 Å². The molecule has 0 heterocycles. The van der Waals surface area contributed by atoms with Crippen molar-refractivity contribution in [3.8, 4) is 5.75 Å². The second-order valence-corrected chi connectivity index (χ2v) is 12.1. The zero-order valence-corrected chi connectivity index (χ0v) is 27.7. The summed E-state index contributed by atoms with van der Waals surface area (Å²) in [6.45, 7) is 0. The number of carboxylic acid groups (broad SMARTS) is 1. The van der Waals surface area contributed by atoms with Crippen molar-refractivity contribution in [1.82, 2.24) is 10.2 Å². The maximum atomic E-state index is 15.6. The van der Waals surface area contributed by atoms with E-state index < -0.39 is 41.4 Å². The van der Waals surface area contributed by atoms with Gasteiger partial charge in [0.25, 0.3) is 0 Å². The zero-order valence-electron chi connectivity index (χ0n) is 26.8. The Bertz CT molecular complexity index is 1730. The SMILES string of the molecule is NC(CS)C(=O)NC(Cc1ccc(O)cc1)C(=O)N([C@@H](Cc1ccccc1)C(=O)O)C(c1ccccc1)(c1ccccc1)c1ccccc1. The number of rotatable bonds is 14. The topological polar surface area (TPSA) is 133 Å². The molecule has 0 fully saturated rings. The van der Waals surface area contributed by atoms with Crippen LogP contribution in [0.5, 0.6) is 5.75 Å². The van der Waals surface area contributed by atoms with Crippen LogP contribution in [0.2, 0.25) is 0 Å². The van der Waals surface area contributed by atoms with Gasteiger partial charge in [-0.3, -0.25) is 9.59 Å². The van der Waals surface area contributed by atoms with E-state index in [1.54, 1.807) is 12.1 Å². The Kier molecular flexibility index (Phi) is 11.5. The summed E-state index contributed by atoms with van der Waals surface area (Å²) in [5, 5.41) is 23.9. The van der Waals surface area contributed by atoms with Gasteiger partial charge in [-0.2, -0.15) is 12.6 Å². The second-order valence-electron chi connectivity index (χ2n) is 11.8. The van der Waals surface area contributed by atoms with Crippen LogP contribution in [0, 0.1) is 0 Å². The Balaban J connectivity index is 1.84. The summed E-state index contributed by atoms with van der Waals surface area (Å²) >= 11 is 4.20. The van der Waals surface area contributed by atoms with Gasteiger partial charge < -0.3 is 26.2 Å². The highest BCUT2D eigenvalue weighted by Crippen LogP contribution is 2.44. The molecule has 0 aliphatic heterocycles. The number of thiol groups is 1. The zero-order chi connectivity index (χ0) is 34.8. The van der Waals surface area contributed by atoms with Crippen LogP contribution in [-0.4, -0.2) is 56.8 Å². The van der Waals surface area contributed by atoms with Crippen LogP contribution in [0.1, 0.15) is 27.8 Å². The molecule has 2 unspecified atom stereocenters. The molecule has 250 valence electrons. The van der Waals surface area contributed by atoms with E-state index in [1.165, 1.54) is 17.0 Å². The van der Waals surface area contributed by atoms with E-state index in [4.69, 9.17) is 5.73 Å². The van der Waals surface area contributed by atoms with Gasteiger partial charge in [0.05, 0.1) is 6.04 Å². The lowest BCUT2D eigenvalue weighted by molar-refractivity contribution is -0.156. The van der Waals surface area contributed by atoms with Crippen LogP contribution in [0.3, 0.4) is 0 Å². The number of hydrogen-bond acceptors (Lipinski definition) is 6. The molecular formula is C40H39N3O5S. The number of nitrogens with two attached hydrogens (primary N) is 1. The number of carbonyl (C=O) groups is 3. The van der Waals surface area contributed by atoms with Crippen molar-refractivity contribution >= 4 is 30.4 Å². The van der Waals surface area contributed by atoms with E-state index in [0.717, 1.165) is 0 Å². The monoisotopic (exact) mass is 673 g/mol. The average Bonchev–Trinajstić information content (AvgIpc) is 3.14. The number of carbonyl (C=O) groups excluding carboxylic acids is 2. The predicted octanol–water partition coefficient (Wildman–Crippen LogP) is 5.19. The molecule has 9 heteroatoms. The number of phenolic OH excluding ortho intramolecular Hbond substituents is 1. The van der Waals surface area contributed by atoms with Gasteiger partial charge in [0.2, 0.25) is 11.8 Å². The molecule has 5 aromatic carbocycles. The molecule has 0 aliphatic rings. The van der Waals surface area contributed by atoms with Crippen molar-refractivity contribution in [2.75, 3.05) is 5.75 Å². The maximum absolute atomic E-state index is 15.6. The highest BCUT2D eigenvalue weighted by atomic mass is 32.1. The van der Waals surface area contributed by atoms with Gasteiger partial charge in [0.15, 0.2) is 0 Å².